The smallest absolute Gasteiger partial charge is 0.0159 e. The van der Waals surface area contributed by atoms with Gasteiger partial charge in [-0.1, -0.05) is 145 Å². The highest BCUT2D eigenvalue weighted by molar-refractivity contribution is 5.92. The average Bonchev–Trinajstić information content (AvgIpc) is 3.60. The van der Waals surface area contributed by atoms with Crippen LogP contribution in [0.2, 0.25) is 0 Å². The molecule has 0 saturated carbocycles. The summed E-state index contributed by atoms with van der Waals surface area (Å²) in [5.74, 6) is 0. The van der Waals surface area contributed by atoms with Crippen LogP contribution in [-0.2, 0) is 28.1 Å². The summed E-state index contributed by atoms with van der Waals surface area (Å²) in [4.78, 5) is 0. The van der Waals surface area contributed by atoms with Crippen LogP contribution >= 0.6 is 0 Å². The second-order valence-electron chi connectivity index (χ2n) is 17.5. The van der Waals surface area contributed by atoms with Crippen molar-refractivity contribution in [3.05, 3.63) is 158 Å². The third-order valence-corrected chi connectivity index (χ3v) is 13.4. The average molecular weight is 637 g/mol. The highest BCUT2D eigenvalue weighted by atomic mass is 14.5. The Morgan fingerprint density at radius 2 is 0.939 bits per heavy atom. The van der Waals surface area contributed by atoms with E-state index >= 15 is 0 Å². The minimum absolute atomic E-state index is 0.000362. The molecule has 0 unspecified atom stereocenters. The van der Waals surface area contributed by atoms with Crippen molar-refractivity contribution >= 4 is 5.57 Å². The first kappa shape index (κ1) is 30.6. The van der Waals surface area contributed by atoms with Crippen molar-refractivity contribution in [2.45, 2.75) is 97.3 Å². The third kappa shape index (κ3) is 3.92. The molecule has 0 radical (unpaired) electrons. The van der Waals surface area contributed by atoms with Gasteiger partial charge in [0.1, 0.15) is 0 Å². The van der Waals surface area contributed by atoms with Gasteiger partial charge in [0.05, 0.1) is 0 Å². The van der Waals surface area contributed by atoms with Gasteiger partial charge in [-0.05, 0) is 127 Å². The van der Waals surface area contributed by atoms with Gasteiger partial charge in [0.25, 0.3) is 0 Å². The van der Waals surface area contributed by atoms with E-state index in [-0.39, 0.29) is 21.7 Å². The summed E-state index contributed by atoms with van der Waals surface area (Å²) in [5, 5.41) is 0. The molecular weight excluding hydrogens is 589 g/mol. The molecule has 49 heavy (non-hydrogen) atoms. The zero-order chi connectivity index (χ0) is 34.4. The number of aryl methyl sites for hydroxylation is 1. The molecule has 0 amide bonds. The molecule has 0 spiro atoms. The number of rotatable bonds is 3. The van der Waals surface area contributed by atoms with Crippen molar-refractivity contribution in [3.8, 4) is 33.4 Å². The normalized spacial score (nSPS) is 19.0. The molecule has 4 aliphatic rings. The van der Waals surface area contributed by atoms with Gasteiger partial charge in [0.15, 0.2) is 0 Å². The van der Waals surface area contributed by atoms with Crippen LogP contribution in [0.3, 0.4) is 0 Å². The van der Waals surface area contributed by atoms with E-state index in [0.29, 0.717) is 0 Å². The molecule has 244 valence electrons. The lowest BCUT2D eigenvalue weighted by Crippen LogP contribution is -2.19. The van der Waals surface area contributed by atoms with Crippen LogP contribution in [0.1, 0.15) is 118 Å². The lowest BCUT2D eigenvalue weighted by Gasteiger charge is -2.26. The lowest BCUT2D eigenvalue weighted by molar-refractivity contribution is 0.635. The van der Waals surface area contributed by atoms with Crippen LogP contribution < -0.4 is 0 Å². The van der Waals surface area contributed by atoms with Crippen LogP contribution in [0.25, 0.3) is 39.0 Å². The van der Waals surface area contributed by atoms with Crippen molar-refractivity contribution in [2.24, 2.45) is 0 Å². The minimum atomic E-state index is -0.0406. The third-order valence-electron chi connectivity index (χ3n) is 13.4. The van der Waals surface area contributed by atoms with Gasteiger partial charge < -0.3 is 0 Å². The van der Waals surface area contributed by atoms with Crippen molar-refractivity contribution < 1.29 is 0 Å². The van der Waals surface area contributed by atoms with Gasteiger partial charge >= 0.3 is 0 Å². The molecule has 0 atom stereocenters. The molecule has 5 aromatic rings. The number of fused-ring (bicyclic) bond motifs is 10. The van der Waals surface area contributed by atoms with Crippen molar-refractivity contribution in [3.63, 3.8) is 0 Å². The molecule has 9 rings (SSSR count). The molecule has 0 bridgehead atoms. The Labute approximate surface area is 293 Å². The van der Waals surface area contributed by atoms with Crippen molar-refractivity contribution in [1.82, 2.24) is 0 Å². The van der Waals surface area contributed by atoms with E-state index in [2.05, 4.69) is 166 Å². The molecule has 0 fully saturated rings. The Hall–Kier alpha value is -4.42. The second kappa shape index (κ2) is 9.63. The maximum atomic E-state index is 2.54. The summed E-state index contributed by atoms with van der Waals surface area (Å²) in [6.07, 6.45) is 5.75. The predicted molar refractivity (Wildman–Crippen MR) is 209 cm³/mol. The fourth-order valence-electron chi connectivity index (χ4n) is 10.0. The summed E-state index contributed by atoms with van der Waals surface area (Å²) in [6, 6.07) is 33.3. The summed E-state index contributed by atoms with van der Waals surface area (Å²) in [6.45, 7) is 23.8. The maximum Gasteiger partial charge on any atom is 0.0159 e. The maximum absolute atomic E-state index is 2.54. The number of benzene rings is 5. The molecule has 0 saturated heterocycles. The number of hydrogen-bond donors (Lipinski definition) is 0. The highest BCUT2D eigenvalue weighted by Crippen LogP contribution is 2.57. The molecule has 4 aliphatic carbocycles. The fraction of sp³-hybridized carbons (Fsp3) is 0.306. The van der Waals surface area contributed by atoms with Gasteiger partial charge in [-0.25, -0.2) is 0 Å². The molecule has 0 heterocycles. The summed E-state index contributed by atoms with van der Waals surface area (Å²) < 4.78 is 0. The zero-order valence-electron chi connectivity index (χ0n) is 30.9. The van der Waals surface area contributed by atoms with E-state index in [4.69, 9.17) is 0 Å². The molecule has 0 aromatic heterocycles. The molecule has 0 aliphatic heterocycles. The van der Waals surface area contributed by atoms with Crippen molar-refractivity contribution in [1.29, 1.82) is 0 Å². The molecule has 5 aromatic carbocycles. The highest BCUT2D eigenvalue weighted by Gasteiger charge is 2.43. The monoisotopic (exact) mass is 636 g/mol. The van der Waals surface area contributed by atoms with E-state index < -0.39 is 0 Å². The van der Waals surface area contributed by atoms with Crippen LogP contribution in [0.4, 0.5) is 0 Å². The summed E-state index contributed by atoms with van der Waals surface area (Å²) in [5.41, 5.74) is 25.6. The Morgan fingerprint density at radius 1 is 0.429 bits per heavy atom. The second-order valence-corrected chi connectivity index (χ2v) is 17.5. The van der Waals surface area contributed by atoms with E-state index in [1.165, 1.54) is 100 Å². The van der Waals surface area contributed by atoms with E-state index in [1.807, 2.05) is 0 Å². The largest absolute Gasteiger partial charge is 0.0795 e. The van der Waals surface area contributed by atoms with Gasteiger partial charge in [-0.15, -0.1) is 0 Å². The van der Waals surface area contributed by atoms with E-state index in [9.17, 15) is 0 Å². The van der Waals surface area contributed by atoms with Gasteiger partial charge in [-0.3, -0.25) is 0 Å². The standard InChI is InChI=1S/C49H48/c1-28-18-20-33-38-26-42-37(25-43(38)48(7,8)40(33)22-28)31(29(2)46(42,3)4)16-13-14-30-19-21-34-36-24-35-32-15-11-12-17-39(32)47(5,6)44(35)27-45(36)49(9,10)41(34)23-30/h11-13,15-27H,14H2,1-10H3. The van der Waals surface area contributed by atoms with Crippen molar-refractivity contribution in [2.75, 3.05) is 0 Å². The van der Waals surface area contributed by atoms with Crippen LogP contribution in [-0.4, -0.2) is 0 Å². The minimum Gasteiger partial charge on any atom is -0.0795 e. The Morgan fingerprint density at radius 3 is 1.65 bits per heavy atom. The van der Waals surface area contributed by atoms with Gasteiger partial charge in [0, 0.05) is 21.7 Å². The fourth-order valence-corrected chi connectivity index (χ4v) is 10.0. The first-order valence-corrected chi connectivity index (χ1v) is 18.2. The quantitative estimate of drug-likeness (QED) is 0.185. The van der Waals surface area contributed by atoms with E-state index in [1.54, 1.807) is 0 Å². The molecular formula is C49H48. The topological polar surface area (TPSA) is 0 Å². The zero-order valence-corrected chi connectivity index (χ0v) is 30.9. The molecule has 0 N–H and O–H groups in total. The summed E-state index contributed by atoms with van der Waals surface area (Å²) in [7, 11) is 0. The van der Waals surface area contributed by atoms with Gasteiger partial charge in [-0.2, -0.15) is 0 Å². The van der Waals surface area contributed by atoms with Crippen LogP contribution in [0.5, 0.6) is 0 Å². The lowest BCUT2D eigenvalue weighted by atomic mass is 9.77. The molecule has 0 heteroatoms. The summed E-state index contributed by atoms with van der Waals surface area (Å²) >= 11 is 0. The van der Waals surface area contributed by atoms with Crippen LogP contribution in [0.15, 0.2) is 103 Å². The first-order valence-electron chi connectivity index (χ1n) is 18.2. The molecule has 0 nitrogen and oxygen atoms in total. The SMILES string of the molecule is CC1=C(C=CCc2ccc3c(c2)C(C)(C)c2cc4c(cc2-3)-c2ccccc2C4(C)C)c2cc3c(cc2C1(C)C)-c1ccc(C)cc1C3(C)C. The Kier molecular flexibility index (Phi) is 6.02. The Balaban J connectivity index is 1.05. The number of hydrogen-bond acceptors (Lipinski definition) is 0. The van der Waals surface area contributed by atoms with Gasteiger partial charge in [0.2, 0.25) is 0 Å². The first-order chi connectivity index (χ1) is 23.1. The number of allylic oxidation sites excluding steroid dienone is 4. The predicted octanol–water partition coefficient (Wildman–Crippen LogP) is 12.8. The Bertz CT molecular complexity index is 2360. The van der Waals surface area contributed by atoms with Crippen LogP contribution in [0, 0.1) is 6.92 Å². The van der Waals surface area contributed by atoms with E-state index in [0.717, 1.165) is 6.42 Å².